The van der Waals surface area contributed by atoms with Crippen LogP contribution in [0.15, 0.2) is 17.0 Å². The summed E-state index contributed by atoms with van der Waals surface area (Å²) in [7, 11) is -4.35. The van der Waals surface area contributed by atoms with Crippen LogP contribution in [0, 0.1) is 17.5 Å². The van der Waals surface area contributed by atoms with Crippen molar-refractivity contribution in [2.24, 2.45) is 0 Å². The van der Waals surface area contributed by atoms with E-state index in [-0.39, 0.29) is 12.6 Å². The number of rotatable bonds is 2. The van der Waals surface area contributed by atoms with Crippen molar-refractivity contribution in [3.63, 3.8) is 0 Å². The van der Waals surface area contributed by atoms with Gasteiger partial charge in [0, 0.05) is 37.3 Å². The van der Waals surface area contributed by atoms with Gasteiger partial charge in [0.2, 0.25) is 10.0 Å². The first-order valence-corrected chi connectivity index (χ1v) is 7.59. The van der Waals surface area contributed by atoms with Crippen molar-refractivity contribution in [1.82, 2.24) is 9.62 Å². The number of hydrogen-bond acceptors (Lipinski definition) is 3. The fourth-order valence-corrected chi connectivity index (χ4v) is 4.05. The highest BCUT2D eigenvalue weighted by molar-refractivity contribution is 7.89. The first kappa shape index (κ1) is 15.3. The number of nitrogens with one attached hydrogen (secondary N) is 1. The van der Waals surface area contributed by atoms with E-state index in [0.717, 1.165) is 4.31 Å². The van der Waals surface area contributed by atoms with Gasteiger partial charge < -0.3 is 5.32 Å². The lowest BCUT2D eigenvalue weighted by molar-refractivity contribution is 0.231. The molecule has 0 aliphatic carbocycles. The zero-order valence-electron chi connectivity index (χ0n) is 11.0. The van der Waals surface area contributed by atoms with Gasteiger partial charge in [0.1, 0.15) is 17.5 Å². The fourth-order valence-electron chi connectivity index (χ4n) is 2.26. The Bertz CT molecular complexity index is 598. The van der Waals surface area contributed by atoms with E-state index in [1.807, 2.05) is 0 Å². The highest BCUT2D eigenvalue weighted by Gasteiger charge is 2.37. The standard InChI is InChI=1S/C12H15F3N2O2S/c1-7-8(2)17(4-3-16-7)20(18,19)12-10(14)5-9(13)6-11(12)15/h5-8,16H,3-4H2,1-2H3. The highest BCUT2D eigenvalue weighted by Crippen LogP contribution is 2.26. The minimum atomic E-state index is -4.35. The van der Waals surface area contributed by atoms with Gasteiger partial charge in [-0.3, -0.25) is 0 Å². The molecule has 1 aliphatic rings. The lowest BCUT2D eigenvalue weighted by Crippen LogP contribution is -2.57. The average Bonchev–Trinajstić information content (AvgIpc) is 2.30. The first-order chi connectivity index (χ1) is 9.25. The van der Waals surface area contributed by atoms with Crippen LogP contribution in [0.2, 0.25) is 0 Å². The lowest BCUT2D eigenvalue weighted by Gasteiger charge is -2.37. The number of halogens is 3. The van der Waals surface area contributed by atoms with Gasteiger partial charge in [0.15, 0.2) is 4.90 Å². The fraction of sp³-hybridized carbons (Fsp3) is 0.500. The van der Waals surface area contributed by atoms with E-state index < -0.39 is 38.4 Å². The van der Waals surface area contributed by atoms with Crippen molar-refractivity contribution >= 4 is 10.0 Å². The zero-order valence-corrected chi connectivity index (χ0v) is 11.8. The maximum absolute atomic E-state index is 13.7. The minimum Gasteiger partial charge on any atom is -0.311 e. The van der Waals surface area contributed by atoms with E-state index >= 15 is 0 Å². The maximum atomic E-state index is 13.7. The summed E-state index contributed by atoms with van der Waals surface area (Å²) >= 11 is 0. The monoisotopic (exact) mass is 308 g/mol. The molecule has 0 radical (unpaired) electrons. The van der Waals surface area contributed by atoms with Crippen LogP contribution in [-0.4, -0.2) is 37.9 Å². The van der Waals surface area contributed by atoms with E-state index in [2.05, 4.69) is 5.32 Å². The zero-order chi connectivity index (χ0) is 15.1. The summed E-state index contributed by atoms with van der Waals surface area (Å²) in [6, 6.07) is 0.126. The third-order valence-electron chi connectivity index (χ3n) is 3.51. The second kappa shape index (κ2) is 5.34. The van der Waals surface area contributed by atoms with Crippen molar-refractivity contribution in [2.45, 2.75) is 30.8 Å². The molecule has 1 N–H and O–H groups in total. The van der Waals surface area contributed by atoms with Gasteiger partial charge in [-0.1, -0.05) is 0 Å². The van der Waals surface area contributed by atoms with Crippen LogP contribution in [0.4, 0.5) is 13.2 Å². The maximum Gasteiger partial charge on any atom is 0.249 e. The molecule has 4 nitrogen and oxygen atoms in total. The second-order valence-electron chi connectivity index (χ2n) is 4.80. The van der Waals surface area contributed by atoms with Gasteiger partial charge in [0.25, 0.3) is 0 Å². The van der Waals surface area contributed by atoms with Crippen LogP contribution in [0.5, 0.6) is 0 Å². The van der Waals surface area contributed by atoms with Gasteiger partial charge in [0.05, 0.1) is 0 Å². The molecule has 112 valence electrons. The van der Waals surface area contributed by atoms with E-state index in [9.17, 15) is 21.6 Å². The summed E-state index contributed by atoms with van der Waals surface area (Å²) in [5, 5.41) is 3.07. The first-order valence-electron chi connectivity index (χ1n) is 6.15. The van der Waals surface area contributed by atoms with Gasteiger partial charge in [-0.25, -0.2) is 21.6 Å². The molecule has 0 aromatic heterocycles. The van der Waals surface area contributed by atoms with Crippen molar-refractivity contribution in [1.29, 1.82) is 0 Å². The number of hydrogen-bond donors (Lipinski definition) is 1. The summed E-state index contributed by atoms with van der Waals surface area (Å²) in [6.07, 6.45) is 0. The average molecular weight is 308 g/mol. The summed E-state index contributed by atoms with van der Waals surface area (Å²) in [5.41, 5.74) is 0. The minimum absolute atomic E-state index is 0.101. The van der Waals surface area contributed by atoms with Crippen LogP contribution in [0.25, 0.3) is 0 Å². The molecule has 1 fully saturated rings. The molecule has 1 heterocycles. The third kappa shape index (κ3) is 2.55. The van der Waals surface area contributed by atoms with E-state index in [1.165, 1.54) is 0 Å². The SMILES string of the molecule is CC1NCCN(S(=O)(=O)c2c(F)cc(F)cc2F)C1C. The molecule has 1 aromatic rings. The van der Waals surface area contributed by atoms with Crippen LogP contribution < -0.4 is 5.32 Å². The Labute approximate surface area is 115 Å². The molecule has 0 bridgehead atoms. The van der Waals surface area contributed by atoms with Gasteiger partial charge in [-0.2, -0.15) is 4.31 Å². The molecule has 2 rings (SSSR count). The summed E-state index contributed by atoms with van der Waals surface area (Å²) in [5.74, 6) is -3.98. The molecule has 0 spiro atoms. The second-order valence-corrected chi connectivity index (χ2v) is 6.63. The third-order valence-corrected chi connectivity index (χ3v) is 5.54. The number of nitrogens with zero attached hydrogens (tertiary/aromatic N) is 1. The predicted octanol–water partition coefficient (Wildman–Crippen LogP) is 1.47. The molecule has 1 aliphatic heterocycles. The smallest absolute Gasteiger partial charge is 0.249 e. The quantitative estimate of drug-likeness (QED) is 0.900. The molecule has 0 amide bonds. The Hall–Kier alpha value is -1.12. The lowest BCUT2D eigenvalue weighted by atomic mass is 10.1. The number of piperazine rings is 1. The van der Waals surface area contributed by atoms with Gasteiger partial charge >= 0.3 is 0 Å². The van der Waals surface area contributed by atoms with Crippen molar-refractivity contribution in [3.8, 4) is 0 Å². The van der Waals surface area contributed by atoms with Gasteiger partial charge in [-0.05, 0) is 13.8 Å². The Balaban J connectivity index is 2.50. The topological polar surface area (TPSA) is 49.4 Å². The number of benzene rings is 1. The highest BCUT2D eigenvalue weighted by atomic mass is 32.2. The molecule has 0 saturated carbocycles. The Morgan fingerprint density at radius 1 is 1.20 bits per heavy atom. The van der Waals surface area contributed by atoms with Crippen molar-refractivity contribution < 1.29 is 21.6 Å². The molecule has 1 aromatic carbocycles. The van der Waals surface area contributed by atoms with Crippen molar-refractivity contribution in [3.05, 3.63) is 29.6 Å². The van der Waals surface area contributed by atoms with E-state index in [0.29, 0.717) is 18.7 Å². The summed E-state index contributed by atoms with van der Waals surface area (Å²) in [4.78, 5) is -1.10. The van der Waals surface area contributed by atoms with Crippen LogP contribution in [0.3, 0.4) is 0 Å². The largest absolute Gasteiger partial charge is 0.311 e. The molecule has 1 saturated heterocycles. The van der Waals surface area contributed by atoms with Crippen LogP contribution in [0.1, 0.15) is 13.8 Å². The van der Waals surface area contributed by atoms with Crippen molar-refractivity contribution in [2.75, 3.05) is 13.1 Å². The number of sulfonamides is 1. The Morgan fingerprint density at radius 3 is 2.30 bits per heavy atom. The summed E-state index contributed by atoms with van der Waals surface area (Å²) in [6.45, 7) is 3.91. The van der Waals surface area contributed by atoms with E-state index in [4.69, 9.17) is 0 Å². The Morgan fingerprint density at radius 2 is 1.75 bits per heavy atom. The summed E-state index contributed by atoms with van der Waals surface area (Å²) < 4.78 is 66.1. The predicted molar refractivity (Wildman–Crippen MR) is 67.1 cm³/mol. The molecule has 20 heavy (non-hydrogen) atoms. The molecule has 2 unspecified atom stereocenters. The molecule has 2 atom stereocenters. The molecular weight excluding hydrogens is 293 g/mol. The van der Waals surface area contributed by atoms with Gasteiger partial charge in [-0.15, -0.1) is 0 Å². The van der Waals surface area contributed by atoms with Crippen LogP contribution in [-0.2, 0) is 10.0 Å². The normalized spacial score (nSPS) is 24.9. The Kier molecular flexibility index (Phi) is 4.08. The molecular formula is C12H15F3N2O2S. The van der Waals surface area contributed by atoms with E-state index in [1.54, 1.807) is 13.8 Å². The van der Waals surface area contributed by atoms with Crippen LogP contribution >= 0.6 is 0 Å². The molecule has 8 heteroatoms.